The molecule has 1 aliphatic carbocycles. The highest BCUT2D eigenvalue weighted by atomic mass is 16.3. The van der Waals surface area contributed by atoms with Gasteiger partial charge in [0.2, 0.25) is 5.91 Å². The Hall–Kier alpha value is -1.71. The number of carbonyl (C=O) groups is 1. The first kappa shape index (κ1) is 10.4. The van der Waals surface area contributed by atoms with Crippen molar-refractivity contribution in [2.24, 2.45) is 0 Å². The second-order valence-corrected chi connectivity index (χ2v) is 4.75. The van der Waals surface area contributed by atoms with E-state index in [9.17, 15) is 9.90 Å². The van der Waals surface area contributed by atoms with E-state index in [-0.39, 0.29) is 17.2 Å². The molecule has 2 N–H and O–H groups in total. The summed E-state index contributed by atoms with van der Waals surface area (Å²) in [5, 5.41) is 12.7. The third-order valence-electron chi connectivity index (χ3n) is 3.99. The number of benzene rings is 1. The molecule has 4 nitrogen and oxygen atoms in total. The molecule has 2 aliphatic rings. The number of nitrogens with one attached hydrogen (secondary N) is 1. The number of phenols is 1. The number of fused-ring (bicyclic) bond motifs is 1. The van der Waals surface area contributed by atoms with E-state index in [1.807, 2.05) is 19.1 Å². The normalized spacial score (nSPS) is 20.8. The summed E-state index contributed by atoms with van der Waals surface area (Å²) in [6.45, 7) is 2.83. The minimum atomic E-state index is -0.366. The fourth-order valence-corrected chi connectivity index (χ4v) is 2.95. The molecular weight excluding hydrogens is 216 g/mol. The van der Waals surface area contributed by atoms with Crippen molar-refractivity contribution in [1.29, 1.82) is 0 Å². The van der Waals surface area contributed by atoms with Crippen LogP contribution in [0.15, 0.2) is 18.2 Å². The Kier molecular flexibility index (Phi) is 2.08. The van der Waals surface area contributed by atoms with Gasteiger partial charge in [-0.25, -0.2) is 0 Å². The Morgan fingerprint density at radius 1 is 1.47 bits per heavy atom. The molecule has 1 fully saturated rings. The van der Waals surface area contributed by atoms with Crippen LogP contribution in [-0.4, -0.2) is 23.1 Å². The molecule has 1 aliphatic heterocycles. The van der Waals surface area contributed by atoms with Crippen molar-refractivity contribution in [3.63, 3.8) is 0 Å². The van der Waals surface area contributed by atoms with Crippen LogP contribution >= 0.6 is 0 Å². The number of nitrogens with zero attached hydrogens (tertiary/aromatic N) is 1. The molecule has 90 valence electrons. The molecule has 1 aromatic rings. The standard InChI is InChI=1S/C13H16N2O2/c1-2-15-9-5-3-6-10(16)11(9)14-12(17)13(15)7-4-8-13/h3,5-6,16H,2,4,7-8H2,1H3,(H,14,17). The van der Waals surface area contributed by atoms with Crippen LogP contribution in [0.4, 0.5) is 11.4 Å². The van der Waals surface area contributed by atoms with Crippen LogP contribution in [-0.2, 0) is 4.79 Å². The van der Waals surface area contributed by atoms with Crippen LogP contribution < -0.4 is 10.2 Å². The number of carbonyl (C=O) groups excluding carboxylic acids is 1. The van der Waals surface area contributed by atoms with Crippen molar-refractivity contribution < 1.29 is 9.90 Å². The fourth-order valence-electron chi connectivity index (χ4n) is 2.95. The lowest BCUT2D eigenvalue weighted by molar-refractivity contribution is -0.124. The molecule has 1 heterocycles. The molecule has 0 unspecified atom stereocenters. The third kappa shape index (κ3) is 1.21. The van der Waals surface area contributed by atoms with E-state index in [2.05, 4.69) is 10.2 Å². The van der Waals surface area contributed by atoms with Crippen molar-refractivity contribution in [3.8, 4) is 5.75 Å². The summed E-state index contributed by atoms with van der Waals surface area (Å²) in [5.41, 5.74) is 1.12. The molecule has 0 aromatic heterocycles. The van der Waals surface area contributed by atoms with E-state index in [1.165, 1.54) is 0 Å². The molecule has 0 radical (unpaired) electrons. The lowest BCUT2D eigenvalue weighted by atomic mass is 9.73. The first-order chi connectivity index (χ1) is 8.19. The number of rotatable bonds is 1. The Balaban J connectivity index is 2.15. The average Bonchev–Trinajstić information content (AvgIpc) is 2.26. The van der Waals surface area contributed by atoms with E-state index in [1.54, 1.807) is 6.07 Å². The van der Waals surface area contributed by atoms with Crippen molar-refractivity contribution in [3.05, 3.63) is 18.2 Å². The molecular formula is C13H16N2O2. The van der Waals surface area contributed by atoms with E-state index in [0.717, 1.165) is 31.5 Å². The molecule has 1 saturated carbocycles. The fraction of sp³-hybridized carbons (Fsp3) is 0.462. The van der Waals surface area contributed by atoms with Crippen LogP contribution in [0.3, 0.4) is 0 Å². The number of anilines is 2. The molecule has 1 spiro atoms. The number of para-hydroxylation sites is 1. The highest BCUT2D eigenvalue weighted by Crippen LogP contribution is 2.48. The Morgan fingerprint density at radius 2 is 2.24 bits per heavy atom. The minimum absolute atomic E-state index is 0.0274. The zero-order chi connectivity index (χ0) is 12.0. The zero-order valence-corrected chi connectivity index (χ0v) is 9.86. The third-order valence-corrected chi connectivity index (χ3v) is 3.99. The number of hydrogen-bond donors (Lipinski definition) is 2. The first-order valence-electron chi connectivity index (χ1n) is 6.10. The summed E-state index contributed by atoms with van der Waals surface area (Å²) in [4.78, 5) is 14.3. The van der Waals surface area contributed by atoms with E-state index in [4.69, 9.17) is 0 Å². The average molecular weight is 232 g/mol. The molecule has 1 amide bonds. The van der Waals surface area contributed by atoms with Gasteiger partial charge >= 0.3 is 0 Å². The Morgan fingerprint density at radius 3 is 2.82 bits per heavy atom. The van der Waals surface area contributed by atoms with Gasteiger partial charge in [0.05, 0.1) is 5.69 Å². The van der Waals surface area contributed by atoms with Gasteiger partial charge in [-0.2, -0.15) is 0 Å². The maximum atomic E-state index is 12.2. The summed E-state index contributed by atoms with van der Waals surface area (Å²) in [6, 6.07) is 5.38. The predicted molar refractivity (Wildman–Crippen MR) is 66.3 cm³/mol. The molecule has 17 heavy (non-hydrogen) atoms. The van der Waals surface area contributed by atoms with E-state index < -0.39 is 0 Å². The summed E-state index contributed by atoms with van der Waals surface area (Å²) in [7, 11) is 0. The number of aromatic hydroxyl groups is 1. The lowest BCUT2D eigenvalue weighted by Gasteiger charge is -2.52. The molecule has 0 bridgehead atoms. The van der Waals surface area contributed by atoms with Gasteiger partial charge in [-0.3, -0.25) is 4.79 Å². The highest BCUT2D eigenvalue weighted by Gasteiger charge is 2.51. The Bertz CT molecular complexity index is 480. The second-order valence-electron chi connectivity index (χ2n) is 4.75. The van der Waals surface area contributed by atoms with Gasteiger partial charge in [-0.05, 0) is 38.3 Å². The van der Waals surface area contributed by atoms with Crippen LogP contribution in [0.2, 0.25) is 0 Å². The summed E-state index contributed by atoms with van der Waals surface area (Å²) in [5.74, 6) is 0.170. The van der Waals surface area contributed by atoms with Crippen LogP contribution in [0, 0.1) is 0 Å². The van der Waals surface area contributed by atoms with Crippen molar-refractivity contribution >= 4 is 17.3 Å². The molecule has 4 heteroatoms. The molecule has 3 rings (SSSR count). The minimum Gasteiger partial charge on any atom is -0.506 e. The number of hydrogen-bond acceptors (Lipinski definition) is 3. The molecule has 0 saturated heterocycles. The monoisotopic (exact) mass is 232 g/mol. The summed E-state index contributed by atoms with van der Waals surface area (Å²) < 4.78 is 0. The smallest absolute Gasteiger partial charge is 0.250 e. The van der Waals surface area contributed by atoms with Gasteiger partial charge in [-0.1, -0.05) is 6.07 Å². The maximum absolute atomic E-state index is 12.2. The number of amides is 1. The van der Waals surface area contributed by atoms with Gasteiger partial charge in [0, 0.05) is 6.54 Å². The predicted octanol–water partition coefficient (Wildman–Crippen LogP) is 2.09. The second kappa shape index (κ2) is 3.39. The number of likely N-dealkylation sites (N-methyl/N-ethyl adjacent to an activating group) is 1. The van der Waals surface area contributed by atoms with Crippen LogP contribution in [0.5, 0.6) is 5.75 Å². The van der Waals surface area contributed by atoms with Gasteiger partial charge in [-0.15, -0.1) is 0 Å². The van der Waals surface area contributed by atoms with Gasteiger partial charge < -0.3 is 15.3 Å². The SMILES string of the molecule is CCN1c2cccc(O)c2NC(=O)C12CCC2. The summed E-state index contributed by atoms with van der Waals surface area (Å²) in [6.07, 6.45) is 2.90. The maximum Gasteiger partial charge on any atom is 0.250 e. The van der Waals surface area contributed by atoms with E-state index in [0.29, 0.717) is 5.69 Å². The quantitative estimate of drug-likeness (QED) is 0.729. The largest absolute Gasteiger partial charge is 0.506 e. The molecule has 1 aromatic carbocycles. The van der Waals surface area contributed by atoms with E-state index >= 15 is 0 Å². The van der Waals surface area contributed by atoms with Crippen LogP contribution in [0.25, 0.3) is 0 Å². The van der Waals surface area contributed by atoms with Crippen LogP contribution in [0.1, 0.15) is 26.2 Å². The number of phenolic OH excluding ortho intramolecular Hbond substituents is 1. The van der Waals surface area contributed by atoms with Gasteiger partial charge in [0.1, 0.15) is 17.0 Å². The van der Waals surface area contributed by atoms with Crippen molar-refractivity contribution in [2.45, 2.75) is 31.7 Å². The zero-order valence-electron chi connectivity index (χ0n) is 9.86. The lowest BCUT2D eigenvalue weighted by Crippen LogP contribution is -2.63. The molecule has 0 atom stereocenters. The van der Waals surface area contributed by atoms with Crippen molar-refractivity contribution in [2.75, 3.05) is 16.8 Å². The highest BCUT2D eigenvalue weighted by molar-refractivity contribution is 6.08. The van der Waals surface area contributed by atoms with Gasteiger partial charge in [0.25, 0.3) is 0 Å². The Labute approximate surface area is 100 Å². The topological polar surface area (TPSA) is 52.6 Å². The summed E-state index contributed by atoms with van der Waals surface area (Å²) >= 11 is 0. The first-order valence-corrected chi connectivity index (χ1v) is 6.10. The van der Waals surface area contributed by atoms with Crippen molar-refractivity contribution in [1.82, 2.24) is 0 Å². The van der Waals surface area contributed by atoms with Gasteiger partial charge in [0.15, 0.2) is 0 Å².